The van der Waals surface area contributed by atoms with E-state index in [0.29, 0.717) is 0 Å². The summed E-state index contributed by atoms with van der Waals surface area (Å²) < 4.78 is 0. The number of aliphatic hydroxyl groups is 1. The van der Waals surface area contributed by atoms with E-state index in [4.69, 9.17) is 5.11 Å². The predicted molar refractivity (Wildman–Crippen MR) is 54.9 cm³/mol. The molecule has 3 N–H and O–H groups in total. The van der Waals surface area contributed by atoms with Crippen LogP contribution in [0.4, 0.5) is 0 Å². The fraction of sp³-hybridized carbons (Fsp3) is 0.900. The molecule has 1 aliphatic heterocycles. The van der Waals surface area contributed by atoms with Crippen molar-refractivity contribution in [3.05, 3.63) is 0 Å². The number of piperidine rings is 1. The molecule has 14 heavy (non-hydrogen) atoms. The highest BCUT2D eigenvalue weighted by atomic mass is 16.3. The number of amides is 1. The molecule has 1 fully saturated rings. The van der Waals surface area contributed by atoms with Gasteiger partial charge in [-0.1, -0.05) is 0 Å². The monoisotopic (exact) mass is 200 g/mol. The van der Waals surface area contributed by atoms with Crippen molar-refractivity contribution in [2.45, 2.75) is 44.7 Å². The van der Waals surface area contributed by atoms with Crippen molar-refractivity contribution in [1.29, 1.82) is 0 Å². The second kappa shape index (κ2) is 4.75. The maximum absolute atomic E-state index is 11.8. The fourth-order valence-corrected chi connectivity index (χ4v) is 1.68. The van der Waals surface area contributed by atoms with Crippen LogP contribution in [-0.2, 0) is 4.79 Å². The lowest BCUT2D eigenvalue weighted by molar-refractivity contribution is -0.128. The van der Waals surface area contributed by atoms with E-state index < -0.39 is 5.54 Å². The van der Waals surface area contributed by atoms with E-state index in [0.717, 1.165) is 25.8 Å². The Morgan fingerprint density at radius 2 is 2.36 bits per heavy atom. The Hall–Kier alpha value is -0.610. The molecule has 0 radical (unpaired) electrons. The lowest BCUT2D eigenvalue weighted by Crippen LogP contribution is -2.58. The normalized spacial score (nSPS) is 29.6. The third-order valence-electron chi connectivity index (χ3n) is 2.77. The third kappa shape index (κ3) is 2.69. The first-order valence-corrected chi connectivity index (χ1v) is 5.25. The van der Waals surface area contributed by atoms with Crippen molar-refractivity contribution < 1.29 is 9.90 Å². The summed E-state index contributed by atoms with van der Waals surface area (Å²) in [6.07, 6.45) is 3.10. The zero-order chi connectivity index (χ0) is 10.6. The van der Waals surface area contributed by atoms with Gasteiger partial charge in [0.15, 0.2) is 0 Å². The number of carbonyl (C=O) groups excluding carboxylic acids is 1. The van der Waals surface area contributed by atoms with Gasteiger partial charge >= 0.3 is 0 Å². The molecule has 0 aromatic heterocycles. The van der Waals surface area contributed by atoms with E-state index in [1.54, 1.807) is 6.92 Å². The Morgan fingerprint density at radius 1 is 1.64 bits per heavy atom. The van der Waals surface area contributed by atoms with Crippen LogP contribution in [0.25, 0.3) is 0 Å². The van der Waals surface area contributed by atoms with Crippen LogP contribution in [0, 0.1) is 0 Å². The van der Waals surface area contributed by atoms with Gasteiger partial charge < -0.3 is 15.7 Å². The highest BCUT2D eigenvalue weighted by Crippen LogP contribution is 2.18. The van der Waals surface area contributed by atoms with Crippen molar-refractivity contribution in [1.82, 2.24) is 10.6 Å². The zero-order valence-electron chi connectivity index (χ0n) is 8.97. The van der Waals surface area contributed by atoms with Gasteiger partial charge in [0, 0.05) is 6.04 Å². The third-order valence-corrected chi connectivity index (χ3v) is 2.77. The van der Waals surface area contributed by atoms with Gasteiger partial charge in [-0.2, -0.15) is 0 Å². The Bertz CT molecular complexity index is 200. The van der Waals surface area contributed by atoms with Gasteiger partial charge in [-0.05, 0) is 39.7 Å². The Kier molecular flexibility index (Phi) is 3.89. The van der Waals surface area contributed by atoms with Gasteiger partial charge in [-0.25, -0.2) is 0 Å². The van der Waals surface area contributed by atoms with Crippen LogP contribution in [0.15, 0.2) is 0 Å². The first kappa shape index (κ1) is 11.5. The summed E-state index contributed by atoms with van der Waals surface area (Å²) in [5, 5.41) is 14.9. The minimum absolute atomic E-state index is 0.00116. The maximum atomic E-state index is 11.8. The quantitative estimate of drug-likeness (QED) is 0.601. The summed E-state index contributed by atoms with van der Waals surface area (Å²) in [6.45, 7) is 4.61. The lowest BCUT2D eigenvalue weighted by Gasteiger charge is -2.34. The van der Waals surface area contributed by atoms with Crippen molar-refractivity contribution >= 4 is 5.91 Å². The van der Waals surface area contributed by atoms with Gasteiger partial charge in [-0.15, -0.1) is 0 Å². The summed E-state index contributed by atoms with van der Waals surface area (Å²) in [7, 11) is 0. The van der Waals surface area contributed by atoms with E-state index in [1.165, 1.54) is 0 Å². The molecule has 1 heterocycles. The van der Waals surface area contributed by atoms with E-state index in [1.807, 2.05) is 6.92 Å². The average Bonchev–Trinajstić information content (AvgIpc) is 2.18. The second-order valence-corrected chi connectivity index (χ2v) is 4.27. The summed E-state index contributed by atoms with van der Waals surface area (Å²) in [6, 6.07) is -0.164. The van der Waals surface area contributed by atoms with Gasteiger partial charge in [-0.3, -0.25) is 4.79 Å². The molecule has 0 bridgehead atoms. The molecular formula is C10H20N2O2. The van der Waals surface area contributed by atoms with Crippen LogP contribution < -0.4 is 10.6 Å². The van der Waals surface area contributed by atoms with Gasteiger partial charge in [0.25, 0.3) is 0 Å². The van der Waals surface area contributed by atoms with E-state index in [2.05, 4.69) is 10.6 Å². The molecule has 0 spiro atoms. The van der Waals surface area contributed by atoms with Crippen molar-refractivity contribution in [3.8, 4) is 0 Å². The summed E-state index contributed by atoms with van der Waals surface area (Å²) in [4.78, 5) is 11.8. The van der Waals surface area contributed by atoms with Gasteiger partial charge in [0.2, 0.25) is 5.91 Å². The molecule has 0 saturated carbocycles. The Morgan fingerprint density at radius 3 is 2.86 bits per heavy atom. The molecular weight excluding hydrogens is 180 g/mol. The van der Waals surface area contributed by atoms with Crippen LogP contribution >= 0.6 is 0 Å². The number of hydrogen-bond acceptors (Lipinski definition) is 3. The standard InChI is InChI=1S/C10H20N2O2/c1-8(7-13)12-9(14)10(2)5-3-4-6-11-10/h8,11,13H,3-7H2,1-2H3,(H,12,14)/t8-,10?/m0/s1. The molecule has 1 unspecified atom stereocenters. The smallest absolute Gasteiger partial charge is 0.240 e. The second-order valence-electron chi connectivity index (χ2n) is 4.27. The van der Waals surface area contributed by atoms with Crippen molar-refractivity contribution in [2.24, 2.45) is 0 Å². The Labute approximate surface area is 85.1 Å². The van der Waals surface area contributed by atoms with Crippen molar-refractivity contribution in [2.75, 3.05) is 13.2 Å². The van der Waals surface area contributed by atoms with Crippen LogP contribution in [0.1, 0.15) is 33.1 Å². The molecule has 0 aliphatic carbocycles. The number of nitrogens with one attached hydrogen (secondary N) is 2. The topological polar surface area (TPSA) is 61.4 Å². The highest BCUT2D eigenvalue weighted by molar-refractivity contribution is 5.86. The fourth-order valence-electron chi connectivity index (χ4n) is 1.68. The molecule has 1 rings (SSSR count). The van der Waals surface area contributed by atoms with E-state index in [-0.39, 0.29) is 18.6 Å². The van der Waals surface area contributed by atoms with E-state index >= 15 is 0 Å². The maximum Gasteiger partial charge on any atom is 0.240 e. The summed E-state index contributed by atoms with van der Waals surface area (Å²) in [5.41, 5.74) is -0.443. The van der Waals surface area contributed by atoms with Gasteiger partial charge in [0.05, 0.1) is 12.1 Å². The minimum atomic E-state index is -0.443. The average molecular weight is 200 g/mol. The predicted octanol–water partition coefficient (Wildman–Crippen LogP) is 0.0156. The molecule has 82 valence electrons. The van der Waals surface area contributed by atoms with Crippen LogP contribution in [0.3, 0.4) is 0 Å². The van der Waals surface area contributed by atoms with Crippen LogP contribution in [-0.4, -0.2) is 35.7 Å². The molecule has 1 aliphatic rings. The summed E-state index contributed by atoms with van der Waals surface area (Å²) in [5.74, 6) is -0.00116. The lowest BCUT2D eigenvalue weighted by atomic mass is 9.90. The molecule has 1 amide bonds. The zero-order valence-corrected chi connectivity index (χ0v) is 8.97. The van der Waals surface area contributed by atoms with Gasteiger partial charge in [0.1, 0.15) is 0 Å². The molecule has 0 aromatic rings. The molecule has 4 nitrogen and oxygen atoms in total. The molecule has 0 aromatic carbocycles. The summed E-state index contributed by atoms with van der Waals surface area (Å²) >= 11 is 0. The number of hydrogen-bond donors (Lipinski definition) is 3. The first-order valence-electron chi connectivity index (χ1n) is 5.25. The molecule has 1 saturated heterocycles. The van der Waals surface area contributed by atoms with Crippen LogP contribution in [0.2, 0.25) is 0 Å². The number of rotatable bonds is 3. The van der Waals surface area contributed by atoms with E-state index in [9.17, 15) is 4.79 Å². The Balaban J connectivity index is 2.49. The number of carbonyl (C=O) groups is 1. The van der Waals surface area contributed by atoms with Crippen LogP contribution in [0.5, 0.6) is 0 Å². The molecule has 2 atom stereocenters. The largest absolute Gasteiger partial charge is 0.394 e. The SMILES string of the molecule is C[C@@H](CO)NC(=O)C1(C)CCCCN1. The number of aliphatic hydroxyl groups excluding tert-OH is 1. The highest BCUT2D eigenvalue weighted by Gasteiger charge is 2.34. The minimum Gasteiger partial charge on any atom is -0.394 e. The van der Waals surface area contributed by atoms with Crippen molar-refractivity contribution in [3.63, 3.8) is 0 Å². The molecule has 4 heteroatoms. The first-order chi connectivity index (χ1) is 6.58.